The van der Waals surface area contributed by atoms with Gasteiger partial charge in [0.1, 0.15) is 5.65 Å². The highest BCUT2D eigenvalue weighted by Gasteiger charge is 2.30. The number of pyridine rings is 3. The second-order valence-electron chi connectivity index (χ2n) is 9.67. The first-order valence-electron chi connectivity index (χ1n) is 12.0. The average molecular weight is 447 g/mol. The van der Waals surface area contributed by atoms with E-state index in [-0.39, 0.29) is 0 Å². The van der Waals surface area contributed by atoms with Gasteiger partial charge in [-0.05, 0) is 75.2 Å². The summed E-state index contributed by atoms with van der Waals surface area (Å²) < 4.78 is 2.32. The van der Waals surface area contributed by atoms with E-state index in [1.54, 1.807) is 0 Å². The van der Waals surface area contributed by atoms with Crippen molar-refractivity contribution in [3.63, 3.8) is 0 Å². The van der Waals surface area contributed by atoms with Crippen LogP contribution in [0.3, 0.4) is 0 Å². The summed E-state index contributed by atoms with van der Waals surface area (Å²) in [6.45, 7) is 0. The van der Waals surface area contributed by atoms with E-state index in [1.807, 2.05) is 30.7 Å². The first-order chi connectivity index (χ1) is 17.4. The van der Waals surface area contributed by atoms with Gasteiger partial charge in [0.2, 0.25) is 0 Å². The van der Waals surface area contributed by atoms with Crippen molar-refractivity contribution in [3.8, 4) is 22.3 Å². The van der Waals surface area contributed by atoms with Gasteiger partial charge >= 0.3 is 0 Å². The van der Waals surface area contributed by atoms with Crippen LogP contribution in [-0.2, 0) is 12.8 Å². The fraction of sp³-hybridized carbons (Fsp3) is 0.0645. The van der Waals surface area contributed by atoms with Crippen molar-refractivity contribution in [3.05, 3.63) is 108 Å². The molecule has 0 fully saturated rings. The Balaban J connectivity index is 1.45. The number of hydrogen-bond acceptors (Lipinski definition) is 3. The van der Waals surface area contributed by atoms with E-state index in [0.29, 0.717) is 0 Å². The summed E-state index contributed by atoms with van der Waals surface area (Å²) in [5, 5.41) is 2.13. The minimum atomic E-state index is 0.915. The van der Waals surface area contributed by atoms with E-state index in [9.17, 15) is 0 Å². The summed E-state index contributed by atoms with van der Waals surface area (Å²) >= 11 is 0. The molecular formula is C31H18N4. The molecule has 0 saturated heterocycles. The van der Waals surface area contributed by atoms with Crippen LogP contribution in [0.15, 0.2) is 85.3 Å². The topological polar surface area (TPSA) is 43.1 Å². The molecule has 2 aliphatic carbocycles. The van der Waals surface area contributed by atoms with Gasteiger partial charge < -0.3 is 0 Å². The van der Waals surface area contributed by atoms with Crippen LogP contribution in [0, 0.1) is 0 Å². The number of aromatic nitrogens is 4. The van der Waals surface area contributed by atoms with Crippen molar-refractivity contribution >= 4 is 38.5 Å². The monoisotopic (exact) mass is 446 g/mol. The van der Waals surface area contributed by atoms with E-state index < -0.39 is 0 Å². The quantitative estimate of drug-likeness (QED) is 0.243. The molecule has 0 bridgehead atoms. The molecule has 7 aromatic rings. The van der Waals surface area contributed by atoms with Crippen LogP contribution in [0.1, 0.15) is 22.3 Å². The highest BCUT2D eigenvalue weighted by Crippen LogP contribution is 2.50. The molecule has 0 amide bonds. The van der Waals surface area contributed by atoms with Crippen LogP contribution >= 0.6 is 0 Å². The van der Waals surface area contributed by atoms with Gasteiger partial charge in [-0.2, -0.15) is 0 Å². The second kappa shape index (κ2) is 6.10. The van der Waals surface area contributed by atoms with Gasteiger partial charge in [-0.1, -0.05) is 42.5 Å². The minimum Gasteiger partial charge on any atom is -0.290 e. The number of fused-ring (bicyclic) bond motifs is 16. The molecule has 3 aromatic carbocycles. The fourth-order valence-electron chi connectivity index (χ4n) is 6.54. The Bertz CT molecular complexity index is 2070. The van der Waals surface area contributed by atoms with Gasteiger partial charge in [0, 0.05) is 35.8 Å². The van der Waals surface area contributed by atoms with E-state index in [0.717, 1.165) is 45.8 Å². The van der Waals surface area contributed by atoms with Crippen molar-refractivity contribution in [1.82, 2.24) is 19.4 Å². The fourth-order valence-corrected chi connectivity index (χ4v) is 6.54. The van der Waals surface area contributed by atoms with Crippen molar-refractivity contribution in [2.24, 2.45) is 0 Å². The molecule has 0 N–H and O–H groups in total. The van der Waals surface area contributed by atoms with Crippen LogP contribution in [0.5, 0.6) is 0 Å². The zero-order valence-electron chi connectivity index (χ0n) is 18.8. The maximum absolute atomic E-state index is 5.14. The predicted molar refractivity (Wildman–Crippen MR) is 140 cm³/mol. The second-order valence-corrected chi connectivity index (χ2v) is 9.67. The van der Waals surface area contributed by atoms with Crippen LogP contribution in [0.2, 0.25) is 0 Å². The molecule has 9 rings (SSSR count). The third-order valence-electron chi connectivity index (χ3n) is 7.95. The number of imidazole rings is 1. The lowest BCUT2D eigenvalue weighted by molar-refractivity contribution is 1.22. The number of rotatable bonds is 0. The van der Waals surface area contributed by atoms with Crippen LogP contribution in [0.4, 0.5) is 0 Å². The maximum atomic E-state index is 5.14. The van der Waals surface area contributed by atoms with Crippen LogP contribution in [0.25, 0.3) is 60.7 Å². The van der Waals surface area contributed by atoms with E-state index in [1.165, 1.54) is 50.0 Å². The Morgan fingerprint density at radius 3 is 2.54 bits per heavy atom. The lowest BCUT2D eigenvalue weighted by Crippen LogP contribution is -1.95. The third-order valence-corrected chi connectivity index (χ3v) is 7.95. The number of nitrogens with zero attached hydrogens (tertiary/aromatic N) is 4. The first-order valence-corrected chi connectivity index (χ1v) is 12.0. The summed E-state index contributed by atoms with van der Waals surface area (Å²) in [6.07, 6.45) is 7.55. The van der Waals surface area contributed by atoms with Gasteiger partial charge in [-0.25, -0.2) is 4.98 Å². The van der Waals surface area contributed by atoms with E-state index in [2.05, 4.69) is 64.0 Å². The van der Waals surface area contributed by atoms with Gasteiger partial charge in [0.25, 0.3) is 0 Å². The summed E-state index contributed by atoms with van der Waals surface area (Å²) in [7, 11) is 0. The molecule has 0 atom stereocenters. The zero-order chi connectivity index (χ0) is 22.7. The first kappa shape index (κ1) is 17.8. The number of benzene rings is 3. The molecule has 35 heavy (non-hydrogen) atoms. The molecule has 162 valence electrons. The molecule has 4 heterocycles. The normalized spacial score (nSPS) is 13.5. The molecule has 0 radical (unpaired) electrons. The lowest BCUT2D eigenvalue weighted by Gasteiger charge is -2.11. The Labute approximate surface area is 200 Å². The standard InChI is InChI=1S/C31H18N4/c1-2-5-20-17(4-1)14-18-7-8-19-15-23-21(28(19)27(18)20)9-10-25-30(23)35-26-6-3-12-33-29(26)22-11-13-32-16-24(22)31(35)34-25/h1-13,16H,14-15H2. The van der Waals surface area contributed by atoms with Gasteiger partial charge in [-0.15, -0.1) is 0 Å². The third kappa shape index (κ3) is 2.11. The van der Waals surface area contributed by atoms with Crippen LogP contribution < -0.4 is 0 Å². The van der Waals surface area contributed by atoms with Gasteiger partial charge in [-0.3, -0.25) is 14.4 Å². The largest absolute Gasteiger partial charge is 0.290 e. The SMILES string of the molecule is c1ccc2c(c1)Cc1ccc3c(c1-2)-c1ccc2nc4c5cnccc5c5ncccc5n4c2c1C3. The Morgan fingerprint density at radius 2 is 1.57 bits per heavy atom. The summed E-state index contributed by atoms with van der Waals surface area (Å²) in [6, 6.07) is 24.2. The molecule has 0 saturated carbocycles. The minimum absolute atomic E-state index is 0.915. The Morgan fingerprint density at radius 1 is 0.686 bits per heavy atom. The highest BCUT2D eigenvalue weighted by molar-refractivity contribution is 6.13. The predicted octanol–water partition coefficient (Wildman–Crippen LogP) is 6.73. The van der Waals surface area contributed by atoms with Gasteiger partial charge in [0.05, 0.1) is 22.1 Å². The van der Waals surface area contributed by atoms with E-state index in [4.69, 9.17) is 9.97 Å². The van der Waals surface area contributed by atoms with Crippen molar-refractivity contribution in [2.45, 2.75) is 12.8 Å². The van der Waals surface area contributed by atoms with E-state index >= 15 is 0 Å². The van der Waals surface area contributed by atoms with Crippen LogP contribution in [-0.4, -0.2) is 19.4 Å². The molecule has 4 nitrogen and oxygen atoms in total. The molecule has 4 heteroatoms. The van der Waals surface area contributed by atoms with Crippen molar-refractivity contribution in [2.75, 3.05) is 0 Å². The van der Waals surface area contributed by atoms with Crippen molar-refractivity contribution < 1.29 is 0 Å². The highest BCUT2D eigenvalue weighted by atomic mass is 15.0. The Kier molecular flexibility index (Phi) is 3.11. The molecule has 0 aliphatic heterocycles. The summed E-state index contributed by atoms with van der Waals surface area (Å²) in [5.41, 5.74) is 16.4. The average Bonchev–Trinajstić information content (AvgIpc) is 3.59. The molecule has 2 aliphatic rings. The zero-order valence-corrected chi connectivity index (χ0v) is 18.8. The summed E-state index contributed by atoms with van der Waals surface area (Å²) in [5.74, 6) is 0. The molecule has 0 unspecified atom stereocenters. The number of hydrogen-bond donors (Lipinski definition) is 0. The van der Waals surface area contributed by atoms with Crippen molar-refractivity contribution in [1.29, 1.82) is 0 Å². The lowest BCUT2D eigenvalue weighted by atomic mass is 9.94. The molecule has 0 spiro atoms. The molecular weight excluding hydrogens is 428 g/mol. The Hall–Kier alpha value is -4.57. The summed E-state index contributed by atoms with van der Waals surface area (Å²) in [4.78, 5) is 14.3. The molecule has 4 aromatic heterocycles. The maximum Gasteiger partial charge on any atom is 0.148 e. The van der Waals surface area contributed by atoms with Gasteiger partial charge in [0.15, 0.2) is 0 Å². The smallest absolute Gasteiger partial charge is 0.148 e.